The van der Waals surface area contributed by atoms with Gasteiger partial charge in [0.25, 0.3) is 5.91 Å². The van der Waals surface area contributed by atoms with Crippen LogP contribution in [0.2, 0.25) is 0 Å². The predicted molar refractivity (Wildman–Crippen MR) is 115 cm³/mol. The fourth-order valence-electron chi connectivity index (χ4n) is 3.23. The van der Waals surface area contributed by atoms with E-state index in [9.17, 15) is 9.59 Å². The SMILES string of the molecule is COc1ccc(CCC(=O)N2CCc3nc(NC(=O)c4ccsc4)sc3C2)cc1. The lowest BCUT2D eigenvalue weighted by atomic mass is 10.1. The van der Waals surface area contributed by atoms with E-state index in [1.165, 1.54) is 22.7 Å². The molecule has 0 atom stereocenters. The van der Waals surface area contributed by atoms with Gasteiger partial charge >= 0.3 is 0 Å². The number of benzene rings is 1. The molecule has 4 rings (SSSR count). The maximum atomic E-state index is 12.7. The molecule has 0 saturated heterocycles. The van der Waals surface area contributed by atoms with Crippen molar-refractivity contribution < 1.29 is 14.3 Å². The summed E-state index contributed by atoms with van der Waals surface area (Å²) in [6.07, 6.45) is 1.90. The van der Waals surface area contributed by atoms with Crippen molar-refractivity contribution in [1.29, 1.82) is 0 Å². The highest BCUT2D eigenvalue weighted by atomic mass is 32.1. The number of methoxy groups -OCH3 is 1. The molecule has 1 N–H and O–H groups in total. The number of fused-ring (bicyclic) bond motifs is 1. The van der Waals surface area contributed by atoms with Crippen LogP contribution in [0.4, 0.5) is 5.13 Å². The van der Waals surface area contributed by atoms with E-state index in [2.05, 4.69) is 10.3 Å². The summed E-state index contributed by atoms with van der Waals surface area (Å²) in [4.78, 5) is 32.4. The van der Waals surface area contributed by atoms with Crippen molar-refractivity contribution in [1.82, 2.24) is 9.88 Å². The molecule has 0 unspecified atom stereocenters. The molecule has 29 heavy (non-hydrogen) atoms. The Morgan fingerprint density at radius 1 is 1.24 bits per heavy atom. The van der Waals surface area contributed by atoms with Gasteiger partial charge < -0.3 is 9.64 Å². The lowest BCUT2D eigenvalue weighted by molar-refractivity contribution is -0.132. The summed E-state index contributed by atoms with van der Waals surface area (Å²) in [5, 5.41) is 7.14. The first kappa shape index (κ1) is 19.6. The standard InChI is InChI=1S/C21H21N3O3S2/c1-27-16-5-2-14(3-6-16)4-7-19(25)24-10-8-17-18(12-24)29-21(22-17)23-20(26)15-9-11-28-13-15/h2-3,5-6,9,11,13H,4,7-8,10,12H2,1H3,(H,22,23,26). The van der Waals surface area contributed by atoms with E-state index in [0.29, 0.717) is 43.0 Å². The van der Waals surface area contributed by atoms with E-state index in [4.69, 9.17) is 4.74 Å². The van der Waals surface area contributed by atoms with E-state index < -0.39 is 0 Å². The number of carbonyl (C=O) groups is 2. The minimum atomic E-state index is -0.148. The number of thiazole rings is 1. The van der Waals surface area contributed by atoms with Gasteiger partial charge in [0, 0.05) is 29.6 Å². The van der Waals surface area contributed by atoms with Crippen LogP contribution in [0.3, 0.4) is 0 Å². The maximum Gasteiger partial charge on any atom is 0.258 e. The Hall–Kier alpha value is -2.71. The first-order chi connectivity index (χ1) is 14.1. The average Bonchev–Trinajstić information content (AvgIpc) is 3.41. The maximum absolute atomic E-state index is 12.7. The average molecular weight is 428 g/mol. The number of amides is 2. The van der Waals surface area contributed by atoms with Gasteiger partial charge in [-0.3, -0.25) is 14.9 Å². The third-order valence-corrected chi connectivity index (χ3v) is 6.56. The van der Waals surface area contributed by atoms with Gasteiger partial charge in [-0.05, 0) is 35.6 Å². The minimum absolute atomic E-state index is 0.142. The number of anilines is 1. The molecule has 1 aromatic carbocycles. The first-order valence-corrected chi connectivity index (χ1v) is 11.1. The molecule has 150 valence electrons. The number of rotatable bonds is 6. The van der Waals surface area contributed by atoms with Crippen molar-refractivity contribution in [2.75, 3.05) is 19.0 Å². The van der Waals surface area contributed by atoms with Gasteiger partial charge in [0.05, 0.1) is 24.9 Å². The molecule has 0 radical (unpaired) electrons. The topological polar surface area (TPSA) is 71.5 Å². The van der Waals surface area contributed by atoms with E-state index in [0.717, 1.165) is 21.9 Å². The normalized spacial score (nSPS) is 13.1. The summed E-state index contributed by atoms with van der Waals surface area (Å²) >= 11 is 2.94. The molecule has 1 aliphatic heterocycles. The molecule has 0 spiro atoms. The zero-order chi connectivity index (χ0) is 20.2. The van der Waals surface area contributed by atoms with Crippen LogP contribution in [0.5, 0.6) is 5.75 Å². The van der Waals surface area contributed by atoms with Crippen molar-refractivity contribution in [3.8, 4) is 5.75 Å². The number of hydrogen-bond acceptors (Lipinski definition) is 6. The van der Waals surface area contributed by atoms with Gasteiger partial charge in [0.15, 0.2) is 5.13 Å². The largest absolute Gasteiger partial charge is 0.497 e. The molecule has 0 saturated carbocycles. The highest BCUT2D eigenvalue weighted by molar-refractivity contribution is 7.16. The van der Waals surface area contributed by atoms with Gasteiger partial charge in [-0.15, -0.1) is 0 Å². The number of thiophene rings is 1. The van der Waals surface area contributed by atoms with Crippen molar-refractivity contribution in [3.63, 3.8) is 0 Å². The summed E-state index contributed by atoms with van der Waals surface area (Å²) in [6.45, 7) is 1.22. The van der Waals surface area contributed by atoms with Crippen LogP contribution in [0.15, 0.2) is 41.1 Å². The van der Waals surface area contributed by atoms with E-state index in [1.807, 2.05) is 39.9 Å². The van der Waals surface area contributed by atoms with Crippen LogP contribution in [0.1, 0.15) is 32.9 Å². The molecule has 2 aromatic heterocycles. The highest BCUT2D eigenvalue weighted by Crippen LogP contribution is 2.29. The molecule has 3 aromatic rings. The van der Waals surface area contributed by atoms with Crippen LogP contribution < -0.4 is 10.1 Å². The molecule has 6 nitrogen and oxygen atoms in total. The lowest BCUT2D eigenvalue weighted by Crippen LogP contribution is -2.35. The second kappa shape index (κ2) is 8.75. The third-order valence-electron chi connectivity index (χ3n) is 4.87. The molecule has 1 aliphatic rings. The zero-order valence-electron chi connectivity index (χ0n) is 16.0. The molecule has 3 heterocycles. The monoisotopic (exact) mass is 427 g/mol. The summed E-state index contributed by atoms with van der Waals surface area (Å²) in [5.41, 5.74) is 2.74. The highest BCUT2D eigenvalue weighted by Gasteiger charge is 2.24. The Morgan fingerprint density at radius 2 is 2.07 bits per heavy atom. The summed E-state index contributed by atoms with van der Waals surface area (Å²) in [5.74, 6) is 0.809. The second-order valence-corrected chi connectivity index (χ2v) is 8.63. The van der Waals surface area contributed by atoms with Crippen molar-refractivity contribution in [2.45, 2.75) is 25.8 Å². The fourth-order valence-corrected chi connectivity index (χ4v) is 4.88. The van der Waals surface area contributed by atoms with Gasteiger partial charge in [-0.25, -0.2) is 4.98 Å². The zero-order valence-corrected chi connectivity index (χ0v) is 17.6. The number of nitrogens with one attached hydrogen (secondary N) is 1. The Kier molecular flexibility index (Phi) is 5.92. The molecule has 2 amide bonds. The molecule has 8 heteroatoms. The van der Waals surface area contributed by atoms with Crippen molar-refractivity contribution >= 4 is 39.6 Å². The van der Waals surface area contributed by atoms with Crippen molar-refractivity contribution in [2.24, 2.45) is 0 Å². The number of ether oxygens (including phenoxy) is 1. The first-order valence-electron chi connectivity index (χ1n) is 9.35. The Balaban J connectivity index is 1.33. The number of carbonyl (C=O) groups excluding carboxylic acids is 2. The number of aromatic nitrogens is 1. The third kappa shape index (κ3) is 4.65. The van der Waals surface area contributed by atoms with Gasteiger partial charge in [-0.1, -0.05) is 23.5 Å². The Morgan fingerprint density at radius 3 is 2.79 bits per heavy atom. The van der Waals surface area contributed by atoms with Crippen LogP contribution in [-0.4, -0.2) is 35.4 Å². The van der Waals surface area contributed by atoms with Crippen LogP contribution in [-0.2, 0) is 24.2 Å². The fraction of sp³-hybridized carbons (Fsp3) is 0.286. The predicted octanol–water partition coefficient (Wildman–Crippen LogP) is 3.98. The van der Waals surface area contributed by atoms with Crippen LogP contribution >= 0.6 is 22.7 Å². The van der Waals surface area contributed by atoms with Gasteiger partial charge in [-0.2, -0.15) is 11.3 Å². The summed E-state index contributed by atoms with van der Waals surface area (Å²) in [7, 11) is 1.64. The van der Waals surface area contributed by atoms with Crippen LogP contribution in [0, 0.1) is 0 Å². The van der Waals surface area contributed by atoms with E-state index in [-0.39, 0.29) is 11.8 Å². The molecule has 0 bridgehead atoms. The molecular formula is C21H21N3O3S2. The van der Waals surface area contributed by atoms with E-state index >= 15 is 0 Å². The minimum Gasteiger partial charge on any atom is -0.497 e. The van der Waals surface area contributed by atoms with Crippen molar-refractivity contribution in [3.05, 3.63) is 62.8 Å². The smallest absolute Gasteiger partial charge is 0.258 e. The summed E-state index contributed by atoms with van der Waals surface area (Å²) < 4.78 is 5.16. The molecule has 0 aliphatic carbocycles. The Labute approximate surface area is 177 Å². The van der Waals surface area contributed by atoms with Gasteiger partial charge in [0.1, 0.15) is 5.75 Å². The molecule has 0 fully saturated rings. The van der Waals surface area contributed by atoms with Crippen LogP contribution in [0.25, 0.3) is 0 Å². The Bertz CT molecular complexity index is 997. The quantitative estimate of drug-likeness (QED) is 0.646. The van der Waals surface area contributed by atoms with Gasteiger partial charge in [0.2, 0.25) is 5.91 Å². The summed E-state index contributed by atoms with van der Waals surface area (Å²) in [6, 6.07) is 9.60. The number of hydrogen-bond donors (Lipinski definition) is 1. The number of nitrogens with zero attached hydrogens (tertiary/aromatic N) is 2. The molecular weight excluding hydrogens is 406 g/mol. The number of aryl methyl sites for hydroxylation is 1. The van der Waals surface area contributed by atoms with E-state index in [1.54, 1.807) is 13.2 Å². The lowest BCUT2D eigenvalue weighted by Gasteiger charge is -2.26. The second-order valence-electron chi connectivity index (χ2n) is 6.77.